The lowest BCUT2D eigenvalue weighted by atomic mass is 10.1. The van der Waals surface area contributed by atoms with Gasteiger partial charge in [-0.25, -0.2) is 9.97 Å². The summed E-state index contributed by atoms with van der Waals surface area (Å²) in [7, 11) is 0. The molecular formula is C13H22N4. The second-order valence-corrected chi connectivity index (χ2v) is 4.73. The van der Waals surface area contributed by atoms with Gasteiger partial charge in [-0.2, -0.15) is 0 Å². The summed E-state index contributed by atoms with van der Waals surface area (Å²) >= 11 is 0. The summed E-state index contributed by atoms with van der Waals surface area (Å²) in [4.78, 5) is 10.8. The Kier molecular flexibility index (Phi) is 4.88. The van der Waals surface area contributed by atoms with Gasteiger partial charge < -0.3 is 5.32 Å². The van der Waals surface area contributed by atoms with Gasteiger partial charge in [0.25, 0.3) is 0 Å². The summed E-state index contributed by atoms with van der Waals surface area (Å²) in [6.45, 7) is 6.64. The first kappa shape index (κ1) is 12.5. The van der Waals surface area contributed by atoms with E-state index < -0.39 is 0 Å². The topological polar surface area (TPSA) is 41.1 Å². The van der Waals surface area contributed by atoms with Gasteiger partial charge in [-0.1, -0.05) is 13.3 Å². The molecule has 17 heavy (non-hydrogen) atoms. The van der Waals surface area contributed by atoms with E-state index in [2.05, 4.69) is 27.1 Å². The molecule has 1 saturated heterocycles. The molecule has 1 aromatic rings. The minimum atomic E-state index is 0.643. The lowest BCUT2D eigenvalue weighted by Crippen LogP contribution is -2.37. The van der Waals surface area contributed by atoms with Crippen LogP contribution in [0, 0.1) is 0 Å². The molecule has 0 saturated carbocycles. The molecule has 1 aliphatic heterocycles. The van der Waals surface area contributed by atoms with Gasteiger partial charge in [0.2, 0.25) is 0 Å². The van der Waals surface area contributed by atoms with E-state index in [0.29, 0.717) is 6.04 Å². The number of aromatic nitrogens is 2. The van der Waals surface area contributed by atoms with Crippen LogP contribution in [0.1, 0.15) is 31.9 Å². The van der Waals surface area contributed by atoms with Gasteiger partial charge in [-0.05, 0) is 32.0 Å². The standard InChI is InChI=1S/C13H22N4/c1-2-4-12-9-17(8-3-6-15-12)10-13-5-7-14-11-16-13/h5,7,11-12,15H,2-4,6,8-10H2,1H3. The van der Waals surface area contributed by atoms with Crippen LogP contribution in [0.15, 0.2) is 18.6 Å². The Morgan fingerprint density at radius 3 is 3.24 bits per heavy atom. The zero-order valence-corrected chi connectivity index (χ0v) is 10.6. The third kappa shape index (κ3) is 4.06. The number of hydrogen-bond acceptors (Lipinski definition) is 4. The van der Waals surface area contributed by atoms with Crippen molar-refractivity contribution in [1.29, 1.82) is 0 Å². The average Bonchev–Trinajstić information content (AvgIpc) is 2.56. The minimum absolute atomic E-state index is 0.643. The van der Waals surface area contributed by atoms with Gasteiger partial charge in [0, 0.05) is 25.3 Å². The number of hydrogen-bond donors (Lipinski definition) is 1. The molecule has 0 aliphatic carbocycles. The van der Waals surface area contributed by atoms with Crippen LogP contribution < -0.4 is 5.32 Å². The van der Waals surface area contributed by atoms with Gasteiger partial charge in [-0.3, -0.25) is 4.90 Å². The Bertz CT molecular complexity index is 314. The first-order valence-corrected chi connectivity index (χ1v) is 6.59. The van der Waals surface area contributed by atoms with Crippen molar-refractivity contribution in [2.24, 2.45) is 0 Å². The molecule has 4 nitrogen and oxygen atoms in total. The average molecular weight is 234 g/mol. The third-order valence-corrected chi connectivity index (χ3v) is 3.23. The Hall–Kier alpha value is -1.00. The number of rotatable bonds is 4. The Morgan fingerprint density at radius 1 is 1.53 bits per heavy atom. The van der Waals surface area contributed by atoms with Crippen LogP contribution in [0.4, 0.5) is 0 Å². The van der Waals surface area contributed by atoms with Crippen LogP contribution >= 0.6 is 0 Å². The van der Waals surface area contributed by atoms with Crippen molar-refractivity contribution in [3.05, 3.63) is 24.3 Å². The molecule has 0 bridgehead atoms. The van der Waals surface area contributed by atoms with Crippen molar-refractivity contribution in [2.45, 2.75) is 38.8 Å². The molecular weight excluding hydrogens is 212 g/mol. The summed E-state index contributed by atoms with van der Waals surface area (Å²) in [5, 5.41) is 3.62. The fourth-order valence-corrected chi connectivity index (χ4v) is 2.40. The highest BCUT2D eigenvalue weighted by Crippen LogP contribution is 2.08. The minimum Gasteiger partial charge on any atom is -0.313 e. The lowest BCUT2D eigenvalue weighted by Gasteiger charge is -2.23. The van der Waals surface area contributed by atoms with Crippen LogP contribution in [-0.2, 0) is 6.54 Å². The molecule has 1 fully saturated rings. The highest BCUT2D eigenvalue weighted by atomic mass is 15.2. The van der Waals surface area contributed by atoms with Crippen molar-refractivity contribution < 1.29 is 0 Å². The molecule has 0 amide bonds. The molecule has 1 atom stereocenters. The van der Waals surface area contributed by atoms with E-state index in [1.54, 1.807) is 6.33 Å². The summed E-state index contributed by atoms with van der Waals surface area (Å²) in [6, 6.07) is 2.65. The fraction of sp³-hybridized carbons (Fsp3) is 0.692. The summed E-state index contributed by atoms with van der Waals surface area (Å²) in [5.74, 6) is 0. The van der Waals surface area contributed by atoms with E-state index in [1.165, 1.54) is 19.3 Å². The van der Waals surface area contributed by atoms with Gasteiger partial charge in [0.15, 0.2) is 0 Å². The Labute approximate surface area is 103 Å². The monoisotopic (exact) mass is 234 g/mol. The zero-order valence-electron chi connectivity index (χ0n) is 10.6. The Balaban J connectivity index is 1.90. The van der Waals surface area contributed by atoms with Crippen LogP contribution in [-0.4, -0.2) is 40.5 Å². The van der Waals surface area contributed by atoms with E-state index in [-0.39, 0.29) is 0 Å². The van der Waals surface area contributed by atoms with E-state index in [9.17, 15) is 0 Å². The molecule has 0 radical (unpaired) electrons. The maximum absolute atomic E-state index is 4.30. The summed E-state index contributed by atoms with van der Waals surface area (Å²) in [6.07, 6.45) is 7.20. The second-order valence-electron chi connectivity index (χ2n) is 4.73. The molecule has 4 heteroatoms. The molecule has 2 rings (SSSR count). The fourth-order valence-electron chi connectivity index (χ4n) is 2.40. The van der Waals surface area contributed by atoms with E-state index in [4.69, 9.17) is 0 Å². The van der Waals surface area contributed by atoms with Gasteiger partial charge >= 0.3 is 0 Å². The first-order chi connectivity index (χ1) is 8.38. The van der Waals surface area contributed by atoms with E-state index in [1.807, 2.05) is 12.3 Å². The number of nitrogens with one attached hydrogen (secondary N) is 1. The normalized spacial score (nSPS) is 22.3. The molecule has 1 aliphatic rings. The molecule has 0 aromatic carbocycles. The smallest absolute Gasteiger partial charge is 0.115 e. The highest BCUT2D eigenvalue weighted by Gasteiger charge is 2.17. The predicted molar refractivity (Wildman–Crippen MR) is 68.6 cm³/mol. The van der Waals surface area contributed by atoms with Gasteiger partial charge in [0.05, 0.1) is 5.69 Å². The van der Waals surface area contributed by atoms with Crippen molar-refractivity contribution in [3.8, 4) is 0 Å². The molecule has 1 aromatic heterocycles. The third-order valence-electron chi connectivity index (χ3n) is 3.23. The molecule has 2 heterocycles. The van der Waals surface area contributed by atoms with Gasteiger partial charge in [0.1, 0.15) is 6.33 Å². The van der Waals surface area contributed by atoms with Crippen LogP contribution in [0.5, 0.6) is 0 Å². The van der Waals surface area contributed by atoms with Gasteiger partial charge in [-0.15, -0.1) is 0 Å². The predicted octanol–water partition coefficient (Wildman–Crippen LogP) is 1.44. The molecule has 1 N–H and O–H groups in total. The molecule has 0 spiro atoms. The van der Waals surface area contributed by atoms with Crippen LogP contribution in [0.3, 0.4) is 0 Å². The van der Waals surface area contributed by atoms with Crippen molar-refractivity contribution in [3.63, 3.8) is 0 Å². The largest absolute Gasteiger partial charge is 0.313 e. The molecule has 94 valence electrons. The summed E-state index contributed by atoms with van der Waals surface area (Å²) in [5.41, 5.74) is 1.12. The molecule has 1 unspecified atom stereocenters. The highest BCUT2D eigenvalue weighted by molar-refractivity contribution is 4.98. The SMILES string of the molecule is CCCC1CN(Cc2ccncn2)CCCN1. The van der Waals surface area contributed by atoms with Crippen molar-refractivity contribution in [1.82, 2.24) is 20.2 Å². The van der Waals surface area contributed by atoms with Crippen LogP contribution in [0.25, 0.3) is 0 Å². The van der Waals surface area contributed by atoms with Crippen molar-refractivity contribution >= 4 is 0 Å². The quantitative estimate of drug-likeness (QED) is 0.856. The summed E-state index contributed by atoms with van der Waals surface area (Å²) < 4.78 is 0. The van der Waals surface area contributed by atoms with Crippen molar-refractivity contribution in [2.75, 3.05) is 19.6 Å². The van der Waals surface area contributed by atoms with E-state index in [0.717, 1.165) is 31.9 Å². The zero-order chi connectivity index (χ0) is 11.9. The van der Waals surface area contributed by atoms with E-state index >= 15 is 0 Å². The van der Waals surface area contributed by atoms with Crippen LogP contribution in [0.2, 0.25) is 0 Å². The first-order valence-electron chi connectivity index (χ1n) is 6.59. The maximum Gasteiger partial charge on any atom is 0.115 e. The maximum atomic E-state index is 4.30. The lowest BCUT2D eigenvalue weighted by molar-refractivity contribution is 0.252. The second kappa shape index (κ2) is 6.67. The Morgan fingerprint density at radius 2 is 2.47 bits per heavy atom. The number of nitrogens with zero attached hydrogens (tertiary/aromatic N) is 3.